The van der Waals surface area contributed by atoms with Crippen molar-refractivity contribution < 1.29 is 17.2 Å². The van der Waals surface area contributed by atoms with E-state index in [9.17, 15) is 17.2 Å². The minimum atomic E-state index is -3.86. The predicted molar refractivity (Wildman–Crippen MR) is 76.5 cm³/mol. The smallest absolute Gasteiger partial charge is 0.245 e. The maximum atomic E-state index is 13.4. The molecule has 1 aromatic heterocycles. The highest BCUT2D eigenvalue weighted by Gasteiger charge is 2.36. The largest absolute Gasteiger partial charge is 0.260 e. The highest BCUT2D eigenvalue weighted by atomic mass is 32.2. The highest BCUT2D eigenvalue weighted by molar-refractivity contribution is 7.89. The van der Waals surface area contributed by atoms with Gasteiger partial charge in [-0.15, -0.1) is 0 Å². The zero-order valence-corrected chi connectivity index (χ0v) is 12.4. The summed E-state index contributed by atoms with van der Waals surface area (Å²) in [5.41, 5.74) is 0.602. The van der Waals surface area contributed by atoms with Crippen molar-refractivity contribution in [1.29, 1.82) is 0 Å². The van der Waals surface area contributed by atoms with E-state index in [0.29, 0.717) is 24.9 Å². The minimum Gasteiger partial charge on any atom is -0.260 e. The standard InChI is InChI=1S/C15H14F2N2O2S/c16-12-4-1-3-11(7-12)15-5-2-6-19(15)22(20,21)14-8-13(17)9-18-10-14/h1,3-4,7-10,15H,2,5-6H2/t15-/m0/s1. The summed E-state index contributed by atoms with van der Waals surface area (Å²) in [5, 5.41) is 0. The Morgan fingerprint density at radius 2 is 1.95 bits per heavy atom. The third-order valence-electron chi connectivity index (χ3n) is 3.72. The van der Waals surface area contributed by atoms with Crippen molar-refractivity contribution >= 4 is 10.0 Å². The lowest BCUT2D eigenvalue weighted by Gasteiger charge is -2.24. The van der Waals surface area contributed by atoms with Crippen molar-refractivity contribution in [3.05, 3.63) is 59.9 Å². The average molecular weight is 324 g/mol. The lowest BCUT2D eigenvalue weighted by molar-refractivity contribution is 0.395. The first-order chi connectivity index (χ1) is 10.5. The van der Waals surface area contributed by atoms with Crippen LogP contribution in [0.25, 0.3) is 0 Å². The van der Waals surface area contributed by atoms with Gasteiger partial charge in [-0.1, -0.05) is 12.1 Å². The van der Waals surface area contributed by atoms with Crippen LogP contribution in [0.4, 0.5) is 8.78 Å². The highest BCUT2D eigenvalue weighted by Crippen LogP contribution is 2.36. The summed E-state index contributed by atoms with van der Waals surface area (Å²) in [6.45, 7) is 0.319. The van der Waals surface area contributed by atoms with Gasteiger partial charge in [0.1, 0.15) is 16.5 Å². The molecule has 3 rings (SSSR count). The van der Waals surface area contributed by atoms with E-state index in [0.717, 1.165) is 18.5 Å². The molecular formula is C15H14F2N2O2S. The van der Waals surface area contributed by atoms with E-state index in [-0.39, 0.29) is 4.90 Å². The van der Waals surface area contributed by atoms with E-state index >= 15 is 0 Å². The molecule has 1 aromatic carbocycles. The van der Waals surface area contributed by atoms with Gasteiger partial charge < -0.3 is 0 Å². The number of sulfonamides is 1. The minimum absolute atomic E-state index is 0.184. The molecule has 0 unspecified atom stereocenters. The molecule has 0 N–H and O–H groups in total. The van der Waals surface area contributed by atoms with E-state index in [1.807, 2.05) is 0 Å². The van der Waals surface area contributed by atoms with Crippen LogP contribution in [0, 0.1) is 11.6 Å². The van der Waals surface area contributed by atoms with Gasteiger partial charge in [0.15, 0.2) is 0 Å². The lowest BCUT2D eigenvalue weighted by Crippen LogP contribution is -2.30. The van der Waals surface area contributed by atoms with E-state index in [4.69, 9.17) is 0 Å². The van der Waals surface area contributed by atoms with Gasteiger partial charge in [-0.3, -0.25) is 4.98 Å². The van der Waals surface area contributed by atoms with Crippen molar-refractivity contribution in [2.75, 3.05) is 6.54 Å². The fraction of sp³-hybridized carbons (Fsp3) is 0.267. The zero-order chi connectivity index (χ0) is 15.7. The molecule has 0 spiro atoms. The van der Waals surface area contributed by atoms with Crippen LogP contribution in [-0.2, 0) is 10.0 Å². The number of halogens is 2. The van der Waals surface area contributed by atoms with Crippen LogP contribution < -0.4 is 0 Å². The summed E-state index contributed by atoms with van der Waals surface area (Å²) >= 11 is 0. The summed E-state index contributed by atoms with van der Waals surface area (Å²) in [6, 6.07) is 6.41. The van der Waals surface area contributed by atoms with Crippen LogP contribution >= 0.6 is 0 Å². The monoisotopic (exact) mass is 324 g/mol. The van der Waals surface area contributed by atoms with Crippen LogP contribution in [0.1, 0.15) is 24.4 Å². The molecule has 22 heavy (non-hydrogen) atoms. The zero-order valence-electron chi connectivity index (χ0n) is 11.6. The molecule has 2 heterocycles. The van der Waals surface area contributed by atoms with Gasteiger partial charge in [0.05, 0.1) is 12.2 Å². The van der Waals surface area contributed by atoms with E-state index in [1.165, 1.54) is 16.4 Å². The molecule has 2 aromatic rings. The number of pyridine rings is 1. The first kappa shape index (κ1) is 15.1. The number of rotatable bonds is 3. The number of hydrogen-bond donors (Lipinski definition) is 0. The number of nitrogens with zero attached hydrogens (tertiary/aromatic N) is 2. The Bertz CT molecular complexity index is 796. The van der Waals surface area contributed by atoms with E-state index in [2.05, 4.69) is 4.98 Å². The second-order valence-corrected chi connectivity index (χ2v) is 7.06. The topological polar surface area (TPSA) is 50.3 Å². The Labute approximate surface area is 127 Å². The van der Waals surface area contributed by atoms with Crippen molar-refractivity contribution in [2.45, 2.75) is 23.8 Å². The van der Waals surface area contributed by atoms with Gasteiger partial charge in [-0.2, -0.15) is 4.31 Å². The average Bonchev–Trinajstić information content (AvgIpc) is 2.97. The van der Waals surface area contributed by atoms with Gasteiger partial charge in [-0.05, 0) is 36.6 Å². The summed E-state index contributed by atoms with van der Waals surface area (Å²) in [4.78, 5) is 3.41. The van der Waals surface area contributed by atoms with Crippen molar-refractivity contribution in [3.63, 3.8) is 0 Å². The van der Waals surface area contributed by atoms with Gasteiger partial charge in [0.2, 0.25) is 10.0 Å². The molecule has 7 heteroatoms. The second kappa shape index (κ2) is 5.73. The SMILES string of the molecule is O=S(=O)(c1cncc(F)c1)N1CCC[C@H]1c1cccc(F)c1. The van der Waals surface area contributed by atoms with Crippen molar-refractivity contribution in [2.24, 2.45) is 0 Å². The summed E-state index contributed by atoms with van der Waals surface area (Å²) < 4.78 is 53.3. The first-order valence-electron chi connectivity index (χ1n) is 6.86. The summed E-state index contributed by atoms with van der Waals surface area (Å²) in [7, 11) is -3.86. The van der Waals surface area contributed by atoms with Gasteiger partial charge in [-0.25, -0.2) is 17.2 Å². The third kappa shape index (κ3) is 2.74. The van der Waals surface area contributed by atoms with Gasteiger partial charge in [0.25, 0.3) is 0 Å². The normalized spacial score (nSPS) is 19.5. The second-order valence-electron chi connectivity index (χ2n) is 5.17. The number of benzene rings is 1. The molecule has 116 valence electrons. The van der Waals surface area contributed by atoms with E-state index < -0.39 is 27.7 Å². The van der Waals surface area contributed by atoms with Crippen molar-refractivity contribution in [3.8, 4) is 0 Å². The molecule has 0 bridgehead atoms. The number of aromatic nitrogens is 1. The summed E-state index contributed by atoms with van der Waals surface area (Å²) in [5.74, 6) is -1.11. The van der Waals surface area contributed by atoms with Gasteiger partial charge >= 0.3 is 0 Å². The molecule has 0 radical (unpaired) electrons. The van der Waals surface area contributed by atoms with Crippen LogP contribution in [-0.4, -0.2) is 24.3 Å². The summed E-state index contributed by atoms with van der Waals surface area (Å²) in [6.07, 6.45) is 3.35. The molecule has 0 aliphatic carbocycles. The van der Waals surface area contributed by atoms with Gasteiger partial charge in [0, 0.05) is 12.7 Å². The molecule has 1 atom stereocenters. The Balaban J connectivity index is 1.99. The molecular weight excluding hydrogens is 310 g/mol. The van der Waals surface area contributed by atoms with Crippen LogP contribution in [0.15, 0.2) is 47.6 Å². The quantitative estimate of drug-likeness (QED) is 0.872. The van der Waals surface area contributed by atoms with Crippen LogP contribution in [0.3, 0.4) is 0 Å². The Kier molecular flexibility index (Phi) is 3.92. The maximum absolute atomic E-state index is 13.4. The fourth-order valence-electron chi connectivity index (χ4n) is 2.74. The molecule has 0 amide bonds. The third-order valence-corrected chi connectivity index (χ3v) is 5.60. The number of hydrogen-bond acceptors (Lipinski definition) is 3. The van der Waals surface area contributed by atoms with Crippen LogP contribution in [0.2, 0.25) is 0 Å². The molecule has 0 saturated carbocycles. The first-order valence-corrected chi connectivity index (χ1v) is 8.30. The fourth-order valence-corrected chi connectivity index (χ4v) is 4.40. The Hall–Kier alpha value is -1.86. The van der Waals surface area contributed by atoms with E-state index in [1.54, 1.807) is 12.1 Å². The maximum Gasteiger partial charge on any atom is 0.245 e. The molecule has 1 saturated heterocycles. The van der Waals surface area contributed by atoms with Crippen LogP contribution in [0.5, 0.6) is 0 Å². The lowest BCUT2D eigenvalue weighted by atomic mass is 10.1. The molecule has 4 nitrogen and oxygen atoms in total. The molecule has 1 aliphatic rings. The molecule has 1 fully saturated rings. The Morgan fingerprint density at radius 3 is 2.68 bits per heavy atom. The predicted octanol–water partition coefficient (Wildman–Crippen LogP) is 2.89. The van der Waals surface area contributed by atoms with Crippen molar-refractivity contribution in [1.82, 2.24) is 9.29 Å². The Morgan fingerprint density at radius 1 is 1.14 bits per heavy atom. The molecule has 1 aliphatic heterocycles.